The van der Waals surface area contributed by atoms with Crippen molar-refractivity contribution in [3.8, 4) is 22.8 Å². The van der Waals surface area contributed by atoms with E-state index in [9.17, 15) is 25.3 Å². The molecule has 9 rings (SSSR count). The molecule has 7 heterocycles. The minimum atomic E-state index is -3.40. The zero-order valence-electron chi connectivity index (χ0n) is 32.6. The predicted molar refractivity (Wildman–Crippen MR) is 229 cm³/mol. The molecule has 0 radical (unpaired) electrons. The van der Waals surface area contributed by atoms with Crippen molar-refractivity contribution in [2.75, 3.05) is 24.7 Å². The summed E-state index contributed by atoms with van der Waals surface area (Å²) in [5.74, 6) is 1.40. The second-order valence-electron chi connectivity index (χ2n) is 12.9. The van der Waals surface area contributed by atoms with E-state index in [0.29, 0.717) is 34.0 Å². The summed E-state index contributed by atoms with van der Waals surface area (Å²) < 4.78 is 25.5. The van der Waals surface area contributed by atoms with Gasteiger partial charge in [-0.15, -0.1) is 0 Å². The fourth-order valence-corrected chi connectivity index (χ4v) is 8.00. The monoisotopic (exact) mass is 972 g/mol. The Hall–Kier alpha value is -2.48. The van der Waals surface area contributed by atoms with Gasteiger partial charge in [-0.05, 0) is 11.8 Å². The molecule has 0 spiro atoms. The maximum Gasteiger partial charge on any atom is 1.00 e. The number of aliphatic hydroxyl groups is 4. The molecule has 11 N–H and O–H groups in total. The molecule has 4 aromatic heterocycles. The maximum absolute atomic E-state index is 10.9. The SMILES string of the molecule is C=P(Cl)(Cl)Cl.Nc1ncnc2c1nc(-c1ccccc1)n2[C@@H]1OC(CO)C(O)[C@@H]1O.Nc1ncnc2c1nc(-c1ccccc1)n2[C@@H]1OC2COP(O)(=S)OC2[C@@H]1O.OO.[H-].[Na+]. The first-order valence-electron chi connectivity index (χ1n) is 17.3. The third-order valence-electron chi connectivity index (χ3n) is 9.07. The number of rotatable bonds is 5. The Balaban J connectivity index is 0.000000232. The number of nitrogens with zero attached hydrogens (tertiary/aromatic N) is 8. The van der Waals surface area contributed by atoms with E-state index in [4.69, 9.17) is 86.0 Å². The summed E-state index contributed by atoms with van der Waals surface area (Å²) in [4.78, 5) is 33.3. The van der Waals surface area contributed by atoms with Crippen LogP contribution < -0.4 is 41.0 Å². The molecule has 9 atom stereocenters. The molecule has 3 aliphatic rings. The number of halogens is 3. The molecule has 2 aromatic carbocycles. The molecule has 324 valence electrons. The van der Waals surface area contributed by atoms with Gasteiger partial charge < -0.3 is 52.2 Å². The average molecular weight is 974 g/mol. The molecule has 61 heavy (non-hydrogen) atoms. The van der Waals surface area contributed by atoms with Crippen molar-refractivity contribution in [2.45, 2.75) is 49.1 Å². The van der Waals surface area contributed by atoms with Gasteiger partial charge >= 0.3 is 36.3 Å². The van der Waals surface area contributed by atoms with Crippen molar-refractivity contribution < 1.29 is 85.3 Å². The van der Waals surface area contributed by atoms with Crippen LogP contribution in [0.25, 0.3) is 45.1 Å². The fourth-order valence-electron chi connectivity index (χ4n) is 6.56. The summed E-state index contributed by atoms with van der Waals surface area (Å²) in [6.07, 6.45) is -1.99. The van der Waals surface area contributed by atoms with E-state index < -0.39 is 67.3 Å². The molecule has 0 saturated carbocycles. The van der Waals surface area contributed by atoms with Gasteiger partial charge in [0.2, 0.25) is 0 Å². The normalized spacial score (nSPS) is 26.8. The van der Waals surface area contributed by atoms with Crippen molar-refractivity contribution in [1.82, 2.24) is 39.0 Å². The van der Waals surface area contributed by atoms with Gasteiger partial charge in [0.1, 0.15) is 65.9 Å². The Morgan fingerprint density at radius 2 is 1.23 bits per heavy atom. The van der Waals surface area contributed by atoms with E-state index >= 15 is 0 Å². The molecule has 0 amide bonds. The van der Waals surface area contributed by atoms with Crippen molar-refractivity contribution in [2.24, 2.45) is 0 Å². The van der Waals surface area contributed by atoms with Crippen LogP contribution in [0.2, 0.25) is 0 Å². The van der Waals surface area contributed by atoms with E-state index in [1.54, 1.807) is 9.13 Å². The van der Waals surface area contributed by atoms with Crippen LogP contribution in [-0.4, -0.2) is 131 Å². The van der Waals surface area contributed by atoms with Gasteiger partial charge in [-0.1, -0.05) is 101 Å². The molecule has 3 fully saturated rings. The van der Waals surface area contributed by atoms with Crippen LogP contribution >= 0.6 is 45.4 Å². The molecule has 21 nitrogen and oxygen atoms in total. The van der Waals surface area contributed by atoms with Crippen LogP contribution in [0.4, 0.5) is 11.6 Å². The van der Waals surface area contributed by atoms with Gasteiger partial charge in [0.15, 0.2) is 46.4 Å². The van der Waals surface area contributed by atoms with Crippen molar-refractivity contribution in [1.29, 1.82) is 0 Å². The molecule has 28 heteroatoms. The predicted octanol–water partition coefficient (Wildman–Crippen LogP) is 0.684. The Labute approximate surface area is 389 Å². The molecule has 6 aromatic rings. The number of aliphatic hydroxyl groups excluding tert-OH is 4. The Kier molecular flexibility index (Phi) is 17.1. The Bertz CT molecular complexity index is 2520. The van der Waals surface area contributed by atoms with Crippen molar-refractivity contribution >= 4 is 97.5 Å². The topological polar surface area (TPSA) is 318 Å². The standard InChI is InChI=1S/C16H16N5O5PS.C16H17N5O4.CH2Cl3P.Na.H2O2.H/c17-13-10-15(19-7-18-13)21(14(20-10)8-4-2-1-3-5-8)16-11(22)12-9(25-16)6-24-27(23,28)26-12;17-13-10-15(19-7-18-13)21(14(20-10)8-4-2-1-3-5-8)16-12(24)11(23)9(6-22)25-16;1-5(2,3)4;;1-2;/h1-5,7,9,11-12,16,22H,6H2,(H,23,28)(H2,17,18,19);1-5,7,9,11-12,16,22-24H,6H2,(H2,17,18,19);1H2;;1-2H;/q;;;+1;;-1/t9?,11-,12?,16+,27?;9?,11?,12-,16+;;;;/m00..../s1. The van der Waals surface area contributed by atoms with Crippen LogP contribution in [0.5, 0.6) is 0 Å². The van der Waals surface area contributed by atoms with Crippen LogP contribution in [-0.2, 0) is 30.3 Å². The molecule has 3 saturated heterocycles. The molecular formula is C33H38Cl3N10NaO11P2S. The number of fused-ring (bicyclic) bond motifs is 3. The quantitative estimate of drug-likeness (QED) is 0.0497. The van der Waals surface area contributed by atoms with Crippen LogP contribution in [0.15, 0.2) is 73.3 Å². The average Bonchev–Trinajstić information content (AvgIpc) is 3.97. The number of benzene rings is 2. The smallest absolute Gasteiger partial charge is 1.00 e. The number of hydrogen-bond donors (Lipinski definition) is 9. The van der Waals surface area contributed by atoms with Gasteiger partial charge in [0.05, 0.1) is 13.2 Å². The van der Waals surface area contributed by atoms with E-state index in [-0.39, 0.29) is 49.2 Å². The molecule has 5 unspecified atom stereocenters. The number of imidazole rings is 2. The number of hydrogen-bond acceptors (Lipinski definition) is 19. The van der Waals surface area contributed by atoms with Gasteiger partial charge in [-0.3, -0.25) is 24.2 Å². The minimum Gasteiger partial charge on any atom is -1.00 e. The van der Waals surface area contributed by atoms with Gasteiger partial charge in [0.25, 0.3) is 0 Å². The minimum absolute atomic E-state index is 0. The summed E-state index contributed by atoms with van der Waals surface area (Å²) in [6.45, 7) is -3.79. The second-order valence-corrected chi connectivity index (χ2v) is 23.5. The van der Waals surface area contributed by atoms with E-state index in [2.05, 4.69) is 36.2 Å². The van der Waals surface area contributed by atoms with E-state index in [0.717, 1.165) is 11.1 Å². The number of nitrogens with two attached hydrogens (primary N) is 2. The second kappa shape index (κ2) is 21.0. The number of aromatic nitrogens is 8. The first-order valence-corrected chi connectivity index (χ1v) is 24.6. The van der Waals surface area contributed by atoms with Gasteiger partial charge in [-0.25, -0.2) is 29.9 Å². The number of anilines is 2. The number of ether oxygens (including phenoxy) is 2. The first kappa shape index (κ1) is 49.5. The zero-order chi connectivity index (χ0) is 43.5. The first-order chi connectivity index (χ1) is 28.6. The van der Waals surface area contributed by atoms with Crippen LogP contribution in [0.1, 0.15) is 13.9 Å². The van der Waals surface area contributed by atoms with E-state index in [1.807, 2.05) is 60.7 Å². The van der Waals surface area contributed by atoms with Crippen LogP contribution in [0, 0.1) is 0 Å². The van der Waals surface area contributed by atoms with Gasteiger partial charge in [0, 0.05) is 11.1 Å². The fraction of sp³-hybridized carbons (Fsp3) is 0.303. The van der Waals surface area contributed by atoms with E-state index in [1.165, 1.54) is 12.7 Å². The summed E-state index contributed by atoms with van der Waals surface area (Å²) in [7, 11) is 0. The largest absolute Gasteiger partial charge is 1.00 e. The van der Waals surface area contributed by atoms with Crippen LogP contribution in [0.3, 0.4) is 0 Å². The zero-order valence-corrected chi connectivity index (χ0v) is 38.5. The van der Waals surface area contributed by atoms with Crippen molar-refractivity contribution in [3.63, 3.8) is 0 Å². The molecule has 0 bridgehead atoms. The molecule has 3 aliphatic heterocycles. The molecular weight excluding hydrogens is 936 g/mol. The summed E-state index contributed by atoms with van der Waals surface area (Å²) >= 11 is 20.1. The third-order valence-corrected chi connectivity index (χ3v) is 10.6. The summed E-state index contributed by atoms with van der Waals surface area (Å²) in [5.41, 5.74) is 15.0. The van der Waals surface area contributed by atoms with Gasteiger partial charge in [-0.2, -0.15) is 0 Å². The third kappa shape index (κ3) is 11.1. The Morgan fingerprint density at radius 3 is 1.66 bits per heavy atom. The molecule has 0 aliphatic carbocycles. The number of nitrogen functional groups attached to an aromatic ring is 2. The summed E-state index contributed by atoms with van der Waals surface area (Å²) in [5, 5.41) is 52.8. The summed E-state index contributed by atoms with van der Waals surface area (Å²) in [6, 6.07) is 18.7. The maximum atomic E-state index is 10.9. The Morgan fingerprint density at radius 1 is 0.787 bits per heavy atom. The van der Waals surface area contributed by atoms with Crippen molar-refractivity contribution in [3.05, 3.63) is 73.3 Å².